The third-order valence-electron chi connectivity index (χ3n) is 2.90. The highest BCUT2D eigenvalue weighted by Crippen LogP contribution is 2.21. The van der Waals surface area contributed by atoms with Gasteiger partial charge in [-0.25, -0.2) is 15.0 Å². The van der Waals surface area contributed by atoms with E-state index in [2.05, 4.69) is 20.3 Å². The summed E-state index contributed by atoms with van der Waals surface area (Å²) < 4.78 is 5.13. The molecule has 5 nitrogen and oxygen atoms in total. The molecule has 0 unspecified atom stereocenters. The smallest absolute Gasteiger partial charge is 0.213 e. The predicted molar refractivity (Wildman–Crippen MR) is 75.5 cm³/mol. The van der Waals surface area contributed by atoms with Crippen molar-refractivity contribution in [2.24, 2.45) is 0 Å². The molecule has 0 radical (unpaired) electrons. The number of aromatic nitrogens is 3. The lowest BCUT2D eigenvalue weighted by atomic mass is 10.2. The van der Waals surface area contributed by atoms with Crippen LogP contribution in [0.15, 0.2) is 18.2 Å². The second-order valence-electron chi connectivity index (χ2n) is 4.20. The summed E-state index contributed by atoms with van der Waals surface area (Å²) in [6.07, 6.45) is 0. The van der Waals surface area contributed by atoms with Gasteiger partial charge >= 0.3 is 0 Å². The number of hydrogen-bond acceptors (Lipinski definition) is 5. The van der Waals surface area contributed by atoms with Crippen molar-refractivity contribution >= 4 is 5.82 Å². The van der Waals surface area contributed by atoms with Gasteiger partial charge in [0.15, 0.2) is 5.82 Å². The van der Waals surface area contributed by atoms with Crippen molar-refractivity contribution < 1.29 is 4.74 Å². The number of hydrogen-bond donors (Lipinski definition) is 1. The summed E-state index contributed by atoms with van der Waals surface area (Å²) in [4.78, 5) is 13.4. The topological polar surface area (TPSA) is 59.9 Å². The minimum Gasteiger partial charge on any atom is -0.481 e. The number of nitrogens with one attached hydrogen (secondary N) is 1. The normalized spacial score (nSPS) is 10.3. The van der Waals surface area contributed by atoms with Crippen molar-refractivity contribution in [3.05, 3.63) is 29.5 Å². The molecule has 0 saturated heterocycles. The van der Waals surface area contributed by atoms with E-state index >= 15 is 0 Å². The van der Waals surface area contributed by atoms with E-state index in [0.29, 0.717) is 17.4 Å². The summed E-state index contributed by atoms with van der Waals surface area (Å²) in [5.41, 5.74) is 2.72. The third kappa shape index (κ3) is 2.81. The highest BCUT2D eigenvalue weighted by atomic mass is 16.5. The first kappa shape index (κ1) is 13.3. The molecule has 0 bridgehead atoms. The van der Waals surface area contributed by atoms with Crippen molar-refractivity contribution in [1.29, 1.82) is 0 Å². The summed E-state index contributed by atoms with van der Waals surface area (Å²) in [7, 11) is 1.59. The van der Waals surface area contributed by atoms with Gasteiger partial charge in [-0.05, 0) is 26.8 Å². The molecule has 100 valence electrons. The van der Waals surface area contributed by atoms with Crippen LogP contribution in [0.1, 0.15) is 18.2 Å². The van der Waals surface area contributed by atoms with Crippen LogP contribution in [0.5, 0.6) is 5.88 Å². The Morgan fingerprint density at radius 1 is 1.16 bits per heavy atom. The summed E-state index contributed by atoms with van der Waals surface area (Å²) >= 11 is 0. The van der Waals surface area contributed by atoms with E-state index in [4.69, 9.17) is 4.74 Å². The summed E-state index contributed by atoms with van der Waals surface area (Å²) in [6, 6.07) is 5.56. The fraction of sp³-hybridized carbons (Fsp3) is 0.357. The molecule has 0 aliphatic carbocycles. The van der Waals surface area contributed by atoms with E-state index in [1.165, 1.54) is 0 Å². The lowest BCUT2D eigenvalue weighted by Crippen LogP contribution is -2.06. The quantitative estimate of drug-likeness (QED) is 0.913. The van der Waals surface area contributed by atoms with Crippen LogP contribution in [0, 0.1) is 13.8 Å². The molecule has 0 aliphatic rings. The molecule has 0 aliphatic heterocycles. The van der Waals surface area contributed by atoms with Crippen molar-refractivity contribution in [2.45, 2.75) is 20.8 Å². The second kappa shape index (κ2) is 5.65. The first-order chi connectivity index (χ1) is 9.15. The Morgan fingerprint density at radius 2 is 1.95 bits per heavy atom. The number of rotatable bonds is 4. The van der Waals surface area contributed by atoms with Gasteiger partial charge in [0.25, 0.3) is 0 Å². The van der Waals surface area contributed by atoms with E-state index in [9.17, 15) is 0 Å². The Kier molecular flexibility index (Phi) is 3.94. The first-order valence-corrected chi connectivity index (χ1v) is 6.26. The first-order valence-electron chi connectivity index (χ1n) is 6.26. The molecule has 1 N–H and O–H groups in total. The van der Waals surface area contributed by atoms with E-state index in [-0.39, 0.29) is 0 Å². The Morgan fingerprint density at radius 3 is 2.63 bits per heavy atom. The molecular weight excluding hydrogens is 240 g/mol. The lowest BCUT2D eigenvalue weighted by Gasteiger charge is -2.11. The van der Waals surface area contributed by atoms with Crippen molar-refractivity contribution in [3.8, 4) is 17.4 Å². The summed E-state index contributed by atoms with van der Waals surface area (Å²) in [6.45, 7) is 6.85. The Labute approximate surface area is 113 Å². The average Bonchev–Trinajstić information content (AvgIpc) is 2.44. The number of ether oxygens (including phenoxy) is 1. The molecule has 5 heteroatoms. The van der Waals surface area contributed by atoms with Crippen LogP contribution in [0.3, 0.4) is 0 Å². The molecule has 2 rings (SSSR count). The fourth-order valence-corrected chi connectivity index (χ4v) is 1.74. The SMILES string of the molecule is CCNc1nc(-c2cccc(OC)n2)nc(C)c1C. The number of pyridine rings is 1. The third-order valence-corrected chi connectivity index (χ3v) is 2.90. The van der Waals surface area contributed by atoms with Gasteiger partial charge in [0, 0.05) is 23.9 Å². The van der Waals surface area contributed by atoms with Gasteiger partial charge in [-0.15, -0.1) is 0 Å². The largest absolute Gasteiger partial charge is 0.481 e. The second-order valence-corrected chi connectivity index (χ2v) is 4.20. The van der Waals surface area contributed by atoms with Gasteiger partial charge in [-0.2, -0.15) is 0 Å². The minimum atomic E-state index is 0.560. The van der Waals surface area contributed by atoms with Gasteiger partial charge in [0.2, 0.25) is 5.88 Å². The van der Waals surface area contributed by atoms with E-state index < -0.39 is 0 Å². The van der Waals surface area contributed by atoms with Gasteiger partial charge in [-0.1, -0.05) is 6.07 Å². The maximum Gasteiger partial charge on any atom is 0.213 e. The lowest BCUT2D eigenvalue weighted by molar-refractivity contribution is 0.398. The zero-order valence-corrected chi connectivity index (χ0v) is 11.7. The van der Waals surface area contributed by atoms with Crippen LogP contribution in [0.2, 0.25) is 0 Å². The summed E-state index contributed by atoms with van der Waals surface area (Å²) in [5.74, 6) is 2.02. The number of nitrogens with zero attached hydrogens (tertiary/aromatic N) is 3. The standard InChI is InChI=1S/C14H18N4O/c1-5-15-13-9(2)10(3)16-14(18-13)11-7-6-8-12(17-11)19-4/h6-8H,5H2,1-4H3,(H,15,16,18). The van der Waals surface area contributed by atoms with Crippen LogP contribution in [-0.4, -0.2) is 28.6 Å². The Balaban J connectivity index is 2.49. The molecule has 0 aromatic carbocycles. The van der Waals surface area contributed by atoms with E-state index in [1.54, 1.807) is 13.2 Å². The van der Waals surface area contributed by atoms with Crippen molar-refractivity contribution in [2.75, 3.05) is 19.0 Å². The highest BCUT2D eigenvalue weighted by Gasteiger charge is 2.10. The monoisotopic (exact) mass is 258 g/mol. The fourth-order valence-electron chi connectivity index (χ4n) is 1.74. The van der Waals surface area contributed by atoms with Crippen LogP contribution < -0.4 is 10.1 Å². The molecule has 0 spiro atoms. The Bertz CT molecular complexity index is 584. The molecule has 0 atom stereocenters. The highest BCUT2D eigenvalue weighted by molar-refractivity contribution is 5.56. The van der Waals surface area contributed by atoms with Gasteiger partial charge in [0.1, 0.15) is 11.5 Å². The van der Waals surface area contributed by atoms with Crippen molar-refractivity contribution in [1.82, 2.24) is 15.0 Å². The average molecular weight is 258 g/mol. The molecule has 2 aromatic rings. The zero-order chi connectivity index (χ0) is 13.8. The van der Waals surface area contributed by atoms with E-state index in [0.717, 1.165) is 23.6 Å². The van der Waals surface area contributed by atoms with Crippen LogP contribution in [-0.2, 0) is 0 Å². The van der Waals surface area contributed by atoms with Gasteiger partial charge < -0.3 is 10.1 Å². The Hall–Kier alpha value is -2.17. The number of aryl methyl sites for hydroxylation is 1. The van der Waals surface area contributed by atoms with Crippen LogP contribution in [0.4, 0.5) is 5.82 Å². The molecule has 2 aromatic heterocycles. The molecule has 0 saturated carbocycles. The van der Waals surface area contributed by atoms with Gasteiger partial charge in [-0.3, -0.25) is 0 Å². The molecular formula is C14H18N4O. The van der Waals surface area contributed by atoms with Gasteiger partial charge in [0.05, 0.1) is 7.11 Å². The predicted octanol–water partition coefficient (Wildman–Crippen LogP) is 2.60. The molecule has 0 fully saturated rings. The number of methoxy groups -OCH3 is 1. The van der Waals surface area contributed by atoms with Crippen LogP contribution >= 0.6 is 0 Å². The van der Waals surface area contributed by atoms with Crippen LogP contribution in [0.25, 0.3) is 11.5 Å². The molecule has 19 heavy (non-hydrogen) atoms. The molecule has 2 heterocycles. The summed E-state index contributed by atoms with van der Waals surface area (Å²) in [5, 5.41) is 3.25. The van der Waals surface area contributed by atoms with Crippen molar-refractivity contribution in [3.63, 3.8) is 0 Å². The minimum absolute atomic E-state index is 0.560. The maximum atomic E-state index is 5.13. The zero-order valence-electron chi connectivity index (χ0n) is 11.7. The van der Waals surface area contributed by atoms with E-state index in [1.807, 2.05) is 32.9 Å². The molecule has 0 amide bonds. The number of anilines is 1. The maximum absolute atomic E-state index is 5.13.